The van der Waals surface area contributed by atoms with Gasteiger partial charge >= 0.3 is 5.97 Å². The van der Waals surface area contributed by atoms with Crippen molar-refractivity contribution in [2.45, 2.75) is 17.7 Å². The highest BCUT2D eigenvalue weighted by molar-refractivity contribution is 7.89. The quantitative estimate of drug-likeness (QED) is 0.619. The van der Waals surface area contributed by atoms with Crippen LogP contribution in [-0.2, 0) is 26.6 Å². The average Bonchev–Trinajstić information content (AvgIpc) is 3.33. The second-order valence-electron chi connectivity index (χ2n) is 6.65. The van der Waals surface area contributed by atoms with Crippen molar-refractivity contribution in [2.75, 3.05) is 25.0 Å². The van der Waals surface area contributed by atoms with Crippen molar-refractivity contribution >= 4 is 62.4 Å². The summed E-state index contributed by atoms with van der Waals surface area (Å²) in [5.41, 5.74) is 0.143. The Hall–Kier alpha value is -1.78. The summed E-state index contributed by atoms with van der Waals surface area (Å²) in [4.78, 5) is 24.5. The molecule has 1 aliphatic rings. The van der Waals surface area contributed by atoms with E-state index in [1.165, 1.54) is 40.3 Å². The van der Waals surface area contributed by atoms with Crippen LogP contribution in [-0.4, -0.2) is 48.9 Å². The maximum absolute atomic E-state index is 12.6. The number of amides is 1. The average molecular weight is 495 g/mol. The molecule has 3 rings (SSSR count). The number of hydrogen-bond donors (Lipinski definition) is 1. The summed E-state index contributed by atoms with van der Waals surface area (Å²) < 4.78 is 33.0. The molecule has 0 radical (unpaired) electrons. The summed E-state index contributed by atoms with van der Waals surface area (Å²) in [5.74, 6) is -1.52. The van der Waals surface area contributed by atoms with E-state index < -0.39 is 28.5 Å². The Balaban J connectivity index is 1.65. The number of nitrogens with zero attached hydrogens (tertiary/aromatic N) is 2. The first-order valence-corrected chi connectivity index (χ1v) is 11.4. The largest absolute Gasteiger partial charge is 0.451 e. The molecule has 0 bridgehead atoms. The third-order valence-corrected chi connectivity index (χ3v) is 7.18. The van der Waals surface area contributed by atoms with Gasteiger partial charge in [0.1, 0.15) is 10.6 Å². The Labute approximate surface area is 188 Å². The van der Waals surface area contributed by atoms with Gasteiger partial charge in [-0.2, -0.15) is 4.31 Å². The molecule has 30 heavy (non-hydrogen) atoms. The molecule has 1 amide bonds. The number of sulfonamides is 1. The van der Waals surface area contributed by atoms with Crippen molar-refractivity contribution < 1.29 is 22.7 Å². The summed E-state index contributed by atoms with van der Waals surface area (Å²) >= 11 is 17.8. The van der Waals surface area contributed by atoms with E-state index in [0.29, 0.717) is 18.1 Å². The Morgan fingerprint density at radius 1 is 1.10 bits per heavy atom. The molecule has 162 valence electrons. The van der Waals surface area contributed by atoms with Gasteiger partial charge in [-0.1, -0.05) is 34.8 Å². The molecule has 0 saturated carbocycles. The fraction of sp³-hybridized carbons (Fsp3) is 0.333. The molecule has 1 fully saturated rings. The molecule has 0 spiro atoms. The molecule has 2 heterocycles. The Morgan fingerprint density at radius 2 is 1.70 bits per heavy atom. The number of carbonyl (C=O) groups excluding carboxylic acids is 2. The summed E-state index contributed by atoms with van der Waals surface area (Å²) in [5, 5.41) is 3.01. The number of ether oxygens (including phenoxy) is 1. The van der Waals surface area contributed by atoms with Crippen molar-refractivity contribution in [3.63, 3.8) is 0 Å². The summed E-state index contributed by atoms with van der Waals surface area (Å²) in [6, 6.07) is 4.05. The normalized spacial score (nSPS) is 14.7. The van der Waals surface area contributed by atoms with Crippen molar-refractivity contribution in [1.29, 1.82) is 0 Å². The van der Waals surface area contributed by atoms with Gasteiger partial charge in [0.05, 0.1) is 15.7 Å². The second kappa shape index (κ2) is 9.15. The zero-order valence-corrected chi connectivity index (χ0v) is 18.9. The van der Waals surface area contributed by atoms with Crippen LogP contribution in [0.5, 0.6) is 0 Å². The lowest BCUT2D eigenvalue weighted by Crippen LogP contribution is -2.27. The van der Waals surface area contributed by atoms with Gasteiger partial charge < -0.3 is 14.6 Å². The number of hydrogen-bond acceptors (Lipinski definition) is 5. The van der Waals surface area contributed by atoms with Crippen LogP contribution in [0.25, 0.3) is 0 Å². The standard InChI is InChI=1S/C18H18Cl3N3O5S/c1-23-9-12(30(27,28)24-4-2-3-5-24)8-15(23)18(26)29-10-16(25)22-17-13(20)6-11(19)7-14(17)21/h6-9H,2-5,10H2,1H3,(H,22,25). The molecule has 0 unspecified atom stereocenters. The molecule has 0 atom stereocenters. The monoisotopic (exact) mass is 493 g/mol. The minimum Gasteiger partial charge on any atom is -0.451 e. The maximum atomic E-state index is 12.6. The molecule has 1 aromatic carbocycles. The van der Waals surface area contributed by atoms with Crippen LogP contribution in [0.15, 0.2) is 29.3 Å². The van der Waals surface area contributed by atoms with Gasteiger partial charge in [0, 0.05) is 31.4 Å². The number of rotatable bonds is 6. The highest BCUT2D eigenvalue weighted by Crippen LogP contribution is 2.33. The number of halogens is 3. The van der Waals surface area contributed by atoms with Crippen LogP contribution >= 0.6 is 34.8 Å². The second-order valence-corrected chi connectivity index (χ2v) is 9.84. The van der Waals surface area contributed by atoms with Crippen LogP contribution < -0.4 is 5.32 Å². The predicted molar refractivity (Wildman–Crippen MR) is 114 cm³/mol. The molecule has 1 N–H and O–H groups in total. The van der Waals surface area contributed by atoms with E-state index >= 15 is 0 Å². The van der Waals surface area contributed by atoms with Crippen LogP contribution in [0.2, 0.25) is 15.1 Å². The van der Waals surface area contributed by atoms with E-state index in [-0.39, 0.29) is 26.3 Å². The maximum Gasteiger partial charge on any atom is 0.355 e. The van der Waals surface area contributed by atoms with Gasteiger partial charge in [0.15, 0.2) is 6.61 Å². The molecule has 12 heteroatoms. The first-order valence-electron chi connectivity index (χ1n) is 8.87. The third-order valence-electron chi connectivity index (χ3n) is 4.50. The van der Waals surface area contributed by atoms with Crippen LogP contribution in [0.4, 0.5) is 5.69 Å². The fourth-order valence-electron chi connectivity index (χ4n) is 3.00. The van der Waals surface area contributed by atoms with Gasteiger partial charge in [0.2, 0.25) is 10.0 Å². The van der Waals surface area contributed by atoms with Gasteiger partial charge in [-0.05, 0) is 31.0 Å². The zero-order chi connectivity index (χ0) is 22.1. The minimum absolute atomic E-state index is 0.00281. The molecular weight excluding hydrogens is 477 g/mol. The topological polar surface area (TPSA) is 97.7 Å². The van der Waals surface area contributed by atoms with E-state index in [9.17, 15) is 18.0 Å². The molecule has 8 nitrogen and oxygen atoms in total. The number of benzene rings is 1. The van der Waals surface area contributed by atoms with Crippen molar-refractivity contribution in [2.24, 2.45) is 7.05 Å². The molecule has 1 saturated heterocycles. The van der Waals surface area contributed by atoms with Gasteiger partial charge in [0.25, 0.3) is 5.91 Å². The summed E-state index contributed by atoms with van der Waals surface area (Å²) in [6.45, 7) is 0.285. The van der Waals surface area contributed by atoms with Gasteiger partial charge in [-0.15, -0.1) is 0 Å². The van der Waals surface area contributed by atoms with Crippen LogP contribution in [0.1, 0.15) is 23.3 Å². The lowest BCUT2D eigenvalue weighted by molar-refractivity contribution is -0.119. The van der Waals surface area contributed by atoms with Crippen molar-refractivity contribution in [3.05, 3.63) is 45.2 Å². The molecular formula is C18H18Cl3N3O5S. The molecule has 0 aliphatic carbocycles. The van der Waals surface area contributed by atoms with Crippen LogP contribution in [0.3, 0.4) is 0 Å². The Bertz CT molecular complexity index is 1070. The fourth-order valence-corrected chi connectivity index (χ4v) is 5.50. The number of esters is 1. The van der Waals surface area contributed by atoms with E-state index in [1.54, 1.807) is 0 Å². The Morgan fingerprint density at radius 3 is 2.30 bits per heavy atom. The number of nitrogens with one attached hydrogen (secondary N) is 1. The van der Waals surface area contributed by atoms with E-state index in [1.807, 2.05) is 0 Å². The number of carbonyl (C=O) groups is 2. The SMILES string of the molecule is Cn1cc(S(=O)(=O)N2CCCC2)cc1C(=O)OCC(=O)Nc1c(Cl)cc(Cl)cc1Cl. The number of aryl methyl sites for hydroxylation is 1. The smallest absolute Gasteiger partial charge is 0.355 e. The van der Waals surface area contributed by atoms with Crippen molar-refractivity contribution in [3.8, 4) is 0 Å². The highest BCUT2D eigenvalue weighted by atomic mass is 35.5. The lowest BCUT2D eigenvalue weighted by Gasteiger charge is -2.13. The molecule has 1 aliphatic heterocycles. The van der Waals surface area contributed by atoms with Crippen molar-refractivity contribution in [1.82, 2.24) is 8.87 Å². The third kappa shape index (κ3) is 4.92. The summed E-state index contributed by atoms with van der Waals surface area (Å²) in [6.07, 6.45) is 2.95. The minimum atomic E-state index is -3.67. The van der Waals surface area contributed by atoms with E-state index in [0.717, 1.165) is 12.8 Å². The van der Waals surface area contributed by atoms with E-state index in [2.05, 4.69) is 5.32 Å². The molecule has 1 aromatic heterocycles. The first kappa shape index (κ1) is 22.9. The summed E-state index contributed by atoms with van der Waals surface area (Å²) in [7, 11) is -2.15. The van der Waals surface area contributed by atoms with Crippen LogP contribution in [0, 0.1) is 0 Å². The van der Waals surface area contributed by atoms with Gasteiger partial charge in [-0.3, -0.25) is 4.79 Å². The first-order chi connectivity index (χ1) is 14.1. The number of aromatic nitrogens is 1. The highest BCUT2D eigenvalue weighted by Gasteiger charge is 2.29. The lowest BCUT2D eigenvalue weighted by atomic mass is 10.3. The van der Waals surface area contributed by atoms with Gasteiger partial charge in [-0.25, -0.2) is 13.2 Å². The molecule has 2 aromatic rings. The Kier molecular flexibility index (Phi) is 6.98. The zero-order valence-electron chi connectivity index (χ0n) is 15.8. The van der Waals surface area contributed by atoms with E-state index in [4.69, 9.17) is 39.5 Å². The number of anilines is 1. The predicted octanol–water partition coefficient (Wildman–Crippen LogP) is 3.57.